The summed E-state index contributed by atoms with van der Waals surface area (Å²) in [6, 6.07) is 9.67. The van der Waals surface area contributed by atoms with Crippen molar-refractivity contribution in [2.75, 3.05) is 44.2 Å². The molecule has 0 spiro atoms. The SMILES string of the molecule is Cc1c(C(=O)NCCN2CCN(c3ncccn3)CC2)cnn1-c1ccc(Br)cc1. The largest absolute Gasteiger partial charge is 0.351 e. The summed E-state index contributed by atoms with van der Waals surface area (Å²) in [7, 11) is 0. The molecule has 1 aliphatic heterocycles. The van der Waals surface area contributed by atoms with E-state index in [1.54, 1.807) is 23.3 Å². The number of nitrogens with zero attached hydrogens (tertiary/aromatic N) is 6. The molecule has 3 aromatic rings. The maximum atomic E-state index is 12.6. The third kappa shape index (κ3) is 4.68. The van der Waals surface area contributed by atoms with Crippen LogP contribution in [0.3, 0.4) is 0 Å². The van der Waals surface area contributed by atoms with Crippen molar-refractivity contribution in [2.24, 2.45) is 0 Å². The molecule has 9 heteroatoms. The van der Waals surface area contributed by atoms with Gasteiger partial charge in [-0.05, 0) is 37.3 Å². The van der Waals surface area contributed by atoms with Crippen LogP contribution in [0.1, 0.15) is 16.1 Å². The minimum atomic E-state index is -0.0906. The monoisotopic (exact) mass is 469 g/mol. The van der Waals surface area contributed by atoms with E-state index in [0.717, 1.165) is 54.5 Å². The molecule has 0 aliphatic carbocycles. The highest BCUT2D eigenvalue weighted by atomic mass is 79.9. The molecule has 0 radical (unpaired) electrons. The maximum Gasteiger partial charge on any atom is 0.254 e. The van der Waals surface area contributed by atoms with E-state index in [1.807, 2.05) is 37.3 Å². The Kier molecular flexibility index (Phi) is 6.39. The normalized spacial score (nSPS) is 14.7. The van der Waals surface area contributed by atoms with Gasteiger partial charge in [0.15, 0.2) is 0 Å². The van der Waals surface area contributed by atoms with Gasteiger partial charge >= 0.3 is 0 Å². The number of anilines is 1. The van der Waals surface area contributed by atoms with Gasteiger partial charge in [-0.1, -0.05) is 15.9 Å². The number of halogens is 1. The Bertz CT molecular complexity index is 982. The van der Waals surface area contributed by atoms with Crippen molar-refractivity contribution in [3.8, 4) is 5.69 Å². The second-order valence-electron chi connectivity index (χ2n) is 7.17. The molecule has 0 saturated carbocycles. The van der Waals surface area contributed by atoms with Crippen LogP contribution in [0.2, 0.25) is 0 Å². The van der Waals surface area contributed by atoms with Crippen molar-refractivity contribution >= 4 is 27.8 Å². The Morgan fingerprint density at radius 3 is 2.50 bits per heavy atom. The van der Waals surface area contributed by atoms with Crippen molar-refractivity contribution in [2.45, 2.75) is 6.92 Å². The molecule has 0 atom stereocenters. The predicted octanol–water partition coefficient (Wildman–Crippen LogP) is 2.29. The minimum Gasteiger partial charge on any atom is -0.351 e. The number of benzene rings is 1. The summed E-state index contributed by atoms with van der Waals surface area (Å²) in [5.41, 5.74) is 2.35. The smallest absolute Gasteiger partial charge is 0.254 e. The highest BCUT2D eigenvalue weighted by molar-refractivity contribution is 9.10. The lowest BCUT2D eigenvalue weighted by molar-refractivity contribution is 0.0947. The molecule has 3 heterocycles. The summed E-state index contributed by atoms with van der Waals surface area (Å²) in [6.45, 7) is 6.95. The van der Waals surface area contributed by atoms with Crippen LogP contribution >= 0.6 is 15.9 Å². The van der Waals surface area contributed by atoms with Crippen LogP contribution < -0.4 is 10.2 Å². The molecule has 1 fully saturated rings. The van der Waals surface area contributed by atoms with Crippen LogP contribution in [-0.2, 0) is 0 Å². The summed E-state index contributed by atoms with van der Waals surface area (Å²) in [5, 5.41) is 7.41. The van der Waals surface area contributed by atoms with Gasteiger partial charge in [0.05, 0.1) is 23.1 Å². The van der Waals surface area contributed by atoms with E-state index in [-0.39, 0.29) is 5.91 Å². The van der Waals surface area contributed by atoms with Crippen molar-refractivity contribution in [3.05, 3.63) is 64.7 Å². The van der Waals surface area contributed by atoms with Crippen LogP contribution in [0.5, 0.6) is 0 Å². The van der Waals surface area contributed by atoms with E-state index >= 15 is 0 Å². The van der Waals surface area contributed by atoms with Gasteiger partial charge in [-0.3, -0.25) is 9.69 Å². The fraction of sp³-hybridized carbons (Fsp3) is 0.333. The Hall–Kier alpha value is -2.78. The van der Waals surface area contributed by atoms with Gasteiger partial charge in [-0.2, -0.15) is 5.10 Å². The number of rotatable bonds is 6. The molecule has 1 saturated heterocycles. The molecular weight excluding hydrogens is 446 g/mol. The topological polar surface area (TPSA) is 79.2 Å². The van der Waals surface area contributed by atoms with Gasteiger partial charge in [0.25, 0.3) is 5.91 Å². The van der Waals surface area contributed by atoms with Crippen molar-refractivity contribution in [1.82, 2.24) is 30.0 Å². The Morgan fingerprint density at radius 2 is 1.80 bits per heavy atom. The van der Waals surface area contributed by atoms with E-state index < -0.39 is 0 Å². The fourth-order valence-corrected chi connectivity index (χ4v) is 3.79. The maximum absolute atomic E-state index is 12.6. The summed E-state index contributed by atoms with van der Waals surface area (Å²) in [5.74, 6) is 0.691. The first-order chi connectivity index (χ1) is 14.6. The quantitative estimate of drug-likeness (QED) is 0.596. The van der Waals surface area contributed by atoms with Crippen LogP contribution in [0.15, 0.2) is 53.4 Å². The molecule has 8 nitrogen and oxygen atoms in total. The number of carbonyl (C=O) groups excluding carboxylic acids is 1. The number of hydrogen-bond acceptors (Lipinski definition) is 6. The van der Waals surface area contributed by atoms with Gasteiger partial charge in [-0.25, -0.2) is 14.6 Å². The molecule has 1 N–H and O–H groups in total. The summed E-state index contributed by atoms with van der Waals surface area (Å²) < 4.78 is 2.79. The van der Waals surface area contributed by atoms with Gasteiger partial charge in [0.2, 0.25) is 5.95 Å². The van der Waals surface area contributed by atoms with Crippen LogP contribution in [-0.4, -0.2) is 69.8 Å². The first kappa shape index (κ1) is 20.5. The molecule has 0 bridgehead atoms. The summed E-state index contributed by atoms with van der Waals surface area (Å²) in [6.07, 6.45) is 5.17. The Morgan fingerprint density at radius 1 is 1.10 bits per heavy atom. The molecule has 2 aromatic heterocycles. The zero-order valence-electron chi connectivity index (χ0n) is 16.8. The first-order valence-electron chi connectivity index (χ1n) is 9.95. The number of piperazine rings is 1. The Labute approximate surface area is 184 Å². The van der Waals surface area contributed by atoms with Crippen LogP contribution in [0, 0.1) is 6.92 Å². The zero-order valence-corrected chi connectivity index (χ0v) is 18.4. The van der Waals surface area contributed by atoms with E-state index in [0.29, 0.717) is 12.1 Å². The minimum absolute atomic E-state index is 0.0906. The highest BCUT2D eigenvalue weighted by Crippen LogP contribution is 2.17. The summed E-state index contributed by atoms with van der Waals surface area (Å²) in [4.78, 5) is 25.8. The first-order valence-corrected chi connectivity index (χ1v) is 10.7. The molecule has 1 aliphatic rings. The third-order valence-electron chi connectivity index (χ3n) is 5.25. The van der Waals surface area contributed by atoms with Crippen molar-refractivity contribution in [1.29, 1.82) is 0 Å². The summed E-state index contributed by atoms with van der Waals surface area (Å²) >= 11 is 3.43. The van der Waals surface area contributed by atoms with E-state index in [4.69, 9.17) is 0 Å². The lowest BCUT2D eigenvalue weighted by Gasteiger charge is -2.34. The highest BCUT2D eigenvalue weighted by Gasteiger charge is 2.19. The molecule has 30 heavy (non-hydrogen) atoms. The molecule has 1 amide bonds. The van der Waals surface area contributed by atoms with Crippen molar-refractivity contribution < 1.29 is 4.79 Å². The average molecular weight is 470 g/mol. The van der Waals surface area contributed by atoms with Gasteiger partial charge in [0.1, 0.15) is 0 Å². The van der Waals surface area contributed by atoms with E-state index in [2.05, 4.69) is 46.1 Å². The number of nitrogens with one attached hydrogen (secondary N) is 1. The van der Waals surface area contributed by atoms with Crippen LogP contribution in [0.4, 0.5) is 5.95 Å². The molecule has 156 valence electrons. The number of aromatic nitrogens is 4. The molecule has 1 aromatic carbocycles. The predicted molar refractivity (Wildman–Crippen MR) is 119 cm³/mol. The van der Waals surface area contributed by atoms with Crippen molar-refractivity contribution in [3.63, 3.8) is 0 Å². The molecular formula is C21H24BrN7O. The zero-order chi connectivity index (χ0) is 20.9. The van der Waals surface area contributed by atoms with Gasteiger partial charge in [-0.15, -0.1) is 0 Å². The molecule has 0 unspecified atom stereocenters. The third-order valence-corrected chi connectivity index (χ3v) is 5.78. The number of hydrogen-bond donors (Lipinski definition) is 1. The molecule has 4 rings (SSSR count). The van der Waals surface area contributed by atoms with E-state index in [1.165, 1.54) is 0 Å². The average Bonchev–Trinajstić information content (AvgIpc) is 3.17. The standard InChI is InChI=1S/C21H24BrN7O/c1-16-19(15-26-29(16)18-5-3-17(22)4-6-18)20(30)23-9-10-27-11-13-28(14-12-27)21-24-7-2-8-25-21/h2-8,15H,9-14H2,1H3,(H,23,30). The fourth-order valence-electron chi connectivity index (χ4n) is 3.52. The lowest BCUT2D eigenvalue weighted by atomic mass is 10.2. The van der Waals surface area contributed by atoms with E-state index in [9.17, 15) is 4.79 Å². The Balaban J connectivity index is 1.26. The van der Waals surface area contributed by atoms with Gasteiger partial charge < -0.3 is 10.2 Å². The lowest BCUT2D eigenvalue weighted by Crippen LogP contribution is -2.49. The second kappa shape index (κ2) is 9.36. The second-order valence-corrected chi connectivity index (χ2v) is 8.08. The van der Waals surface area contributed by atoms with Crippen LogP contribution in [0.25, 0.3) is 5.69 Å². The number of carbonyl (C=O) groups is 1. The number of amides is 1. The van der Waals surface area contributed by atoms with Gasteiger partial charge in [0, 0.05) is 56.1 Å².